The molecule has 0 saturated heterocycles. The number of aryl methyl sites for hydroxylation is 2. The predicted molar refractivity (Wildman–Crippen MR) is 196 cm³/mol. The molecule has 1 aromatic heterocycles. The second kappa shape index (κ2) is 14.9. The Labute approximate surface area is 300 Å². The highest BCUT2D eigenvalue weighted by Crippen LogP contribution is 2.47. The van der Waals surface area contributed by atoms with Crippen molar-refractivity contribution < 1.29 is 23.3 Å². The van der Waals surface area contributed by atoms with Crippen LogP contribution in [0.2, 0.25) is 5.02 Å². The van der Waals surface area contributed by atoms with E-state index in [9.17, 15) is 13.8 Å². The number of halogens is 1. The maximum Gasteiger partial charge on any atom is 0.286 e. The SMILES string of the molecule is CO[C@H]1/C=C/CCCS(=O)(NC(=O)CCc2ccncc2)=NC(=O)c2ccc3c(c2)N(C[C@@H]2CC[C@H]21)C[C@@]1(CCCc2cc(Cl)ccc21)CO3. The zero-order valence-electron chi connectivity index (χ0n) is 28.5. The second-order valence-electron chi connectivity index (χ2n) is 14.2. The molecule has 3 aromatic rings. The number of fused-ring (bicyclic) bond motifs is 4. The maximum atomic E-state index is 14.2. The number of benzene rings is 2. The fourth-order valence-electron chi connectivity index (χ4n) is 8.15. The van der Waals surface area contributed by atoms with E-state index in [0.717, 1.165) is 61.5 Å². The van der Waals surface area contributed by atoms with Gasteiger partial charge in [-0.15, -0.1) is 4.36 Å². The van der Waals surface area contributed by atoms with Crippen LogP contribution in [-0.4, -0.2) is 59.7 Å². The summed E-state index contributed by atoms with van der Waals surface area (Å²) in [6.07, 6.45) is 14.4. The van der Waals surface area contributed by atoms with Gasteiger partial charge in [0.05, 0.1) is 24.2 Å². The molecule has 1 spiro atoms. The minimum absolute atomic E-state index is 0.0364. The molecule has 0 radical (unpaired) electrons. The Bertz CT molecular complexity index is 1890. The number of pyridine rings is 1. The van der Waals surface area contributed by atoms with Crippen molar-refractivity contribution in [2.45, 2.75) is 69.3 Å². The lowest BCUT2D eigenvalue weighted by Crippen LogP contribution is -2.49. The van der Waals surface area contributed by atoms with E-state index >= 15 is 0 Å². The predicted octanol–water partition coefficient (Wildman–Crippen LogP) is 6.87. The molecule has 2 aliphatic carbocycles. The van der Waals surface area contributed by atoms with Gasteiger partial charge in [0.1, 0.15) is 15.7 Å². The topological polar surface area (TPSA) is 110 Å². The standard InChI is InChI=1S/C39H45ClN4O5S/c1-48-35-7-3-2-4-21-50(47,42-37(45)15-8-27-16-19-41-20-17-27)43-38(46)29-10-14-36-34(23-29)44(24-30-9-12-32(30)35)25-39(26-49-36)18-5-6-28-22-31(40)11-13-33(28)39/h3,7,10-11,13-14,16-17,19-20,22-23,30,32,35H,2,4-6,8-9,12,15,18,21,24-26H2,1H3,(H,42,43,45,46,47)/b7-3+/t30-,32+,35-,39-,50?/m0/s1. The van der Waals surface area contributed by atoms with Crippen LogP contribution in [0.3, 0.4) is 0 Å². The van der Waals surface area contributed by atoms with Gasteiger partial charge in [0.25, 0.3) is 5.91 Å². The minimum atomic E-state index is -3.40. The smallest absolute Gasteiger partial charge is 0.286 e. The normalized spacial score (nSPS) is 28.6. The van der Waals surface area contributed by atoms with Crippen molar-refractivity contribution in [1.29, 1.82) is 0 Å². The number of anilines is 1. The van der Waals surface area contributed by atoms with E-state index in [4.69, 9.17) is 21.1 Å². The third-order valence-electron chi connectivity index (χ3n) is 10.9. The van der Waals surface area contributed by atoms with Crippen LogP contribution in [0.4, 0.5) is 5.69 Å². The Morgan fingerprint density at radius 2 is 2.00 bits per heavy atom. The molecule has 1 fully saturated rings. The molecule has 2 bridgehead atoms. The molecule has 3 heterocycles. The third-order valence-corrected chi connectivity index (χ3v) is 13.0. The molecule has 1 unspecified atom stereocenters. The lowest BCUT2D eigenvalue weighted by atomic mass is 9.68. The minimum Gasteiger partial charge on any atom is -0.490 e. The number of amides is 2. The highest BCUT2D eigenvalue weighted by molar-refractivity contribution is 7.92. The zero-order valence-corrected chi connectivity index (χ0v) is 30.1. The highest BCUT2D eigenvalue weighted by Gasteiger charge is 2.44. The zero-order chi connectivity index (χ0) is 34.7. The Morgan fingerprint density at radius 3 is 2.80 bits per heavy atom. The molecule has 2 aromatic carbocycles. The number of nitrogens with one attached hydrogen (secondary N) is 1. The van der Waals surface area contributed by atoms with Gasteiger partial charge in [-0.05, 0) is 122 Å². The number of hydrogen-bond donors (Lipinski definition) is 1. The first-order chi connectivity index (χ1) is 24.2. The van der Waals surface area contributed by atoms with Crippen LogP contribution in [0.15, 0.2) is 77.4 Å². The summed E-state index contributed by atoms with van der Waals surface area (Å²) in [5.41, 5.74) is 4.39. The largest absolute Gasteiger partial charge is 0.490 e. The summed E-state index contributed by atoms with van der Waals surface area (Å²) >= 11 is 6.45. The van der Waals surface area contributed by atoms with E-state index in [1.807, 2.05) is 30.3 Å². The van der Waals surface area contributed by atoms with Crippen molar-refractivity contribution >= 4 is 39.0 Å². The molecular formula is C39H45ClN4O5S. The van der Waals surface area contributed by atoms with Crippen LogP contribution in [0.1, 0.15) is 72.0 Å². The molecule has 7 rings (SSSR count). The molecule has 9 nitrogen and oxygen atoms in total. The van der Waals surface area contributed by atoms with Gasteiger partial charge in [0.2, 0.25) is 5.91 Å². The first-order valence-corrected chi connectivity index (χ1v) is 19.8. The first kappa shape index (κ1) is 34.7. The number of carbonyl (C=O) groups excluding carboxylic acids is 2. The van der Waals surface area contributed by atoms with Crippen molar-refractivity contribution in [2.75, 3.05) is 37.5 Å². The van der Waals surface area contributed by atoms with E-state index in [1.165, 1.54) is 11.1 Å². The number of hydrogen-bond acceptors (Lipinski definition) is 7. The Kier molecular flexibility index (Phi) is 10.3. The number of aromatic nitrogens is 1. The Balaban J connectivity index is 1.24. The van der Waals surface area contributed by atoms with Crippen LogP contribution in [0, 0.1) is 11.8 Å². The molecule has 50 heavy (non-hydrogen) atoms. The maximum absolute atomic E-state index is 14.2. The monoisotopic (exact) mass is 716 g/mol. The van der Waals surface area contributed by atoms with Crippen LogP contribution >= 0.6 is 11.6 Å². The van der Waals surface area contributed by atoms with Gasteiger partial charge in [-0.1, -0.05) is 29.8 Å². The van der Waals surface area contributed by atoms with Gasteiger partial charge in [-0.2, -0.15) is 0 Å². The fourth-order valence-corrected chi connectivity index (χ4v) is 9.97. The Hall–Kier alpha value is -3.73. The Morgan fingerprint density at radius 1 is 1.14 bits per heavy atom. The number of ether oxygens (including phenoxy) is 2. The van der Waals surface area contributed by atoms with E-state index in [1.54, 1.807) is 25.6 Å². The van der Waals surface area contributed by atoms with Gasteiger partial charge in [0.15, 0.2) is 0 Å². The quantitative estimate of drug-likeness (QED) is 0.287. The van der Waals surface area contributed by atoms with Gasteiger partial charge in [-0.3, -0.25) is 19.3 Å². The number of allylic oxidation sites excluding steroid dienone is 1. The highest BCUT2D eigenvalue weighted by atomic mass is 35.5. The van der Waals surface area contributed by atoms with Crippen LogP contribution in [0.5, 0.6) is 5.75 Å². The average molecular weight is 717 g/mol. The number of nitrogens with zero attached hydrogens (tertiary/aromatic N) is 3. The third kappa shape index (κ3) is 7.48. The van der Waals surface area contributed by atoms with Crippen LogP contribution in [-0.2, 0) is 37.7 Å². The van der Waals surface area contributed by atoms with Gasteiger partial charge >= 0.3 is 0 Å². The molecule has 2 amide bonds. The first-order valence-electron chi connectivity index (χ1n) is 17.7. The summed E-state index contributed by atoms with van der Waals surface area (Å²) in [5.74, 6) is 0.495. The number of rotatable bonds is 5. The van der Waals surface area contributed by atoms with E-state index in [0.29, 0.717) is 49.0 Å². The van der Waals surface area contributed by atoms with Crippen molar-refractivity contribution in [1.82, 2.24) is 9.71 Å². The van der Waals surface area contributed by atoms with Crippen molar-refractivity contribution in [2.24, 2.45) is 16.2 Å². The summed E-state index contributed by atoms with van der Waals surface area (Å²) < 4.78 is 33.8. The second-order valence-corrected chi connectivity index (χ2v) is 16.7. The summed E-state index contributed by atoms with van der Waals surface area (Å²) in [6.45, 7) is 2.03. The van der Waals surface area contributed by atoms with Crippen molar-refractivity contribution in [3.05, 3.63) is 100 Å². The molecule has 2 aliphatic heterocycles. The van der Waals surface area contributed by atoms with E-state index < -0.39 is 21.7 Å². The fraction of sp³-hybridized carbons (Fsp3) is 0.462. The molecule has 5 atom stereocenters. The average Bonchev–Trinajstić information content (AvgIpc) is 3.25. The van der Waals surface area contributed by atoms with E-state index in [-0.39, 0.29) is 23.7 Å². The molecule has 264 valence electrons. The van der Waals surface area contributed by atoms with Crippen LogP contribution in [0.25, 0.3) is 0 Å². The number of methoxy groups -OCH3 is 1. The lowest BCUT2D eigenvalue weighted by Gasteiger charge is -2.46. The molecule has 11 heteroatoms. The molecular weight excluding hydrogens is 672 g/mol. The van der Waals surface area contributed by atoms with Crippen molar-refractivity contribution in [3.8, 4) is 5.75 Å². The van der Waals surface area contributed by atoms with Crippen LogP contribution < -0.4 is 14.4 Å². The summed E-state index contributed by atoms with van der Waals surface area (Å²) in [5, 5.41) is 0.744. The van der Waals surface area contributed by atoms with Crippen molar-refractivity contribution in [3.63, 3.8) is 0 Å². The lowest BCUT2D eigenvalue weighted by molar-refractivity contribution is -0.119. The van der Waals surface area contributed by atoms with Gasteiger partial charge in [-0.25, -0.2) is 4.21 Å². The molecule has 4 aliphatic rings. The van der Waals surface area contributed by atoms with Gasteiger partial charge < -0.3 is 14.4 Å². The molecule has 1 saturated carbocycles. The number of carbonyl (C=O) groups is 2. The summed E-state index contributed by atoms with van der Waals surface area (Å²) in [4.78, 5) is 33.4. The molecule has 1 N–H and O–H groups in total. The van der Waals surface area contributed by atoms with E-state index in [2.05, 4.69) is 43.3 Å². The summed E-state index contributed by atoms with van der Waals surface area (Å²) in [7, 11) is -1.64. The summed E-state index contributed by atoms with van der Waals surface area (Å²) in [6, 6.07) is 15.3. The van der Waals surface area contributed by atoms with Gasteiger partial charge in [0, 0.05) is 55.0 Å².